The summed E-state index contributed by atoms with van der Waals surface area (Å²) in [6.45, 7) is 2.93. The van der Waals surface area contributed by atoms with Crippen LogP contribution in [0.5, 0.6) is 17.2 Å². The maximum Gasteiger partial charge on any atom is 0.157 e. The zero-order valence-electron chi connectivity index (χ0n) is 12.9. The van der Waals surface area contributed by atoms with Crippen LogP contribution in [0.4, 0.5) is 0 Å². The van der Waals surface area contributed by atoms with E-state index < -0.39 is 0 Å². The highest BCUT2D eigenvalue weighted by molar-refractivity contribution is 5.52. The summed E-state index contributed by atoms with van der Waals surface area (Å²) in [6, 6.07) is 9.50. The Morgan fingerprint density at radius 1 is 1.14 bits per heavy atom. The highest BCUT2D eigenvalue weighted by atomic mass is 16.5. The topological polar surface area (TPSA) is 61.7 Å². The Bertz CT molecular complexity index is 697. The number of ether oxygens (including phenoxy) is 1. The van der Waals surface area contributed by atoms with Gasteiger partial charge in [0.1, 0.15) is 5.75 Å². The highest BCUT2D eigenvalue weighted by Gasteiger charge is 2.25. The van der Waals surface area contributed by atoms with Crippen LogP contribution in [0.15, 0.2) is 30.3 Å². The molecule has 0 fully saturated rings. The zero-order valence-corrected chi connectivity index (χ0v) is 12.9. The number of aromatic hydroxyl groups is 2. The Kier molecular flexibility index (Phi) is 3.94. The minimum atomic E-state index is -0.0865. The van der Waals surface area contributed by atoms with Gasteiger partial charge in [-0.2, -0.15) is 0 Å². The molecule has 4 heteroatoms. The van der Waals surface area contributed by atoms with E-state index in [1.54, 1.807) is 19.2 Å². The van der Waals surface area contributed by atoms with Crippen LogP contribution in [0.1, 0.15) is 35.2 Å². The molecule has 22 heavy (non-hydrogen) atoms. The fourth-order valence-corrected chi connectivity index (χ4v) is 3.07. The minimum absolute atomic E-state index is 0.0453. The smallest absolute Gasteiger partial charge is 0.157 e. The number of benzene rings is 2. The van der Waals surface area contributed by atoms with Gasteiger partial charge in [0, 0.05) is 12.1 Å². The largest absolute Gasteiger partial charge is 0.504 e. The van der Waals surface area contributed by atoms with Gasteiger partial charge in [0.25, 0.3) is 0 Å². The lowest BCUT2D eigenvalue weighted by Gasteiger charge is -2.29. The number of aryl methyl sites for hydroxylation is 1. The number of phenols is 2. The van der Waals surface area contributed by atoms with Crippen molar-refractivity contribution in [2.45, 2.75) is 25.8 Å². The molecule has 0 saturated heterocycles. The van der Waals surface area contributed by atoms with Crippen LogP contribution in [0, 0.1) is 0 Å². The van der Waals surface area contributed by atoms with Gasteiger partial charge in [-0.15, -0.1) is 0 Å². The first-order chi connectivity index (χ1) is 10.6. The van der Waals surface area contributed by atoms with E-state index in [0.717, 1.165) is 41.8 Å². The molecule has 3 rings (SSSR count). The van der Waals surface area contributed by atoms with Gasteiger partial charge < -0.3 is 20.3 Å². The quantitative estimate of drug-likeness (QED) is 0.763. The van der Waals surface area contributed by atoms with Crippen molar-refractivity contribution in [3.63, 3.8) is 0 Å². The van der Waals surface area contributed by atoms with E-state index in [1.165, 1.54) is 5.56 Å². The van der Waals surface area contributed by atoms with Crippen LogP contribution in [0.25, 0.3) is 0 Å². The second-order valence-electron chi connectivity index (χ2n) is 5.61. The fraction of sp³-hybridized carbons (Fsp3) is 0.333. The fourth-order valence-electron chi connectivity index (χ4n) is 3.07. The maximum atomic E-state index is 9.84. The molecule has 0 spiro atoms. The average molecular weight is 299 g/mol. The van der Waals surface area contributed by atoms with Gasteiger partial charge in [-0.1, -0.05) is 19.1 Å². The third kappa shape index (κ3) is 2.50. The number of methoxy groups -OCH3 is 1. The van der Waals surface area contributed by atoms with E-state index in [9.17, 15) is 10.2 Å². The molecule has 2 aromatic carbocycles. The van der Waals surface area contributed by atoms with Gasteiger partial charge in [-0.25, -0.2) is 0 Å². The molecule has 0 aromatic heterocycles. The Balaban J connectivity index is 2.09. The molecule has 0 amide bonds. The van der Waals surface area contributed by atoms with Crippen LogP contribution in [-0.2, 0) is 12.8 Å². The van der Waals surface area contributed by atoms with Crippen molar-refractivity contribution in [1.82, 2.24) is 5.32 Å². The van der Waals surface area contributed by atoms with Crippen molar-refractivity contribution in [3.05, 3.63) is 52.6 Å². The summed E-state index contributed by atoms with van der Waals surface area (Å²) < 4.78 is 5.56. The number of phenolic OH excluding ortho intramolecular Hbond substituents is 2. The van der Waals surface area contributed by atoms with E-state index in [1.807, 2.05) is 0 Å². The second kappa shape index (κ2) is 5.89. The molecule has 4 nitrogen and oxygen atoms in total. The van der Waals surface area contributed by atoms with Gasteiger partial charge in [-0.3, -0.25) is 0 Å². The third-order valence-corrected chi connectivity index (χ3v) is 4.31. The molecule has 116 valence electrons. The van der Waals surface area contributed by atoms with Gasteiger partial charge in [0.05, 0.1) is 13.2 Å². The second-order valence-corrected chi connectivity index (χ2v) is 5.61. The number of rotatable bonds is 3. The lowest BCUT2D eigenvalue weighted by Crippen LogP contribution is -2.30. The summed E-state index contributed by atoms with van der Waals surface area (Å²) in [5.41, 5.74) is 4.32. The molecular weight excluding hydrogens is 278 g/mol. The molecule has 0 saturated carbocycles. The van der Waals surface area contributed by atoms with E-state index in [0.29, 0.717) is 0 Å². The molecule has 0 radical (unpaired) electrons. The summed E-state index contributed by atoms with van der Waals surface area (Å²) in [5.74, 6) is 0.696. The van der Waals surface area contributed by atoms with Crippen LogP contribution in [0.2, 0.25) is 0 Å². The predicted molar refractivity (Wildman–Crippen MR) is 85.7 cm³/mol. The molecule has 0 bridgehead atoms. The van der Waals surface area contributed by atoms with Crippen molar-refractivity contribution in [3.8, 4) is 17.2 Å². The highest BCUT2D eigenvalue weighted by Crippen LogP contribution is 2.39. The van der Waals surface area contributed by atoms with Crippen molar-refractivity contribution >= 4 is 0 Å². The van der Waals surface area contributed by atoms with E-state index in [2.05, 4.69) is 30.4 Å². The van der Waals surface area contributed by atoms with Gasteiger partial charge in [0.15, 0.2) is 11.5 Å². The molecule has 3 N–H and O–H groups in total. The number of hydrogen-bond donors (Lipinski definition) is 3. The molecule has 1 aliphatic heterocycles. The lowest BCUT2D eigenvalue weighted by molar-refractivity contribution is 0.395. The number of nitrogens with one attached hydrogen (secondary N) is 1. The van der Waals surface area contributed by atoms with Crippen molar-refractivity contribution in [2.75, 3.05) is 13.7 Å². The van der Waals surface area contributed by atoms with Crippen molar-refractivity contribution in [2.24, 2.45) is 0 Å². The molecule has 0 aliphatic carbocycles. The van der Waals surface area contributed by atoms with Gasteiger partial charge in [-0.05, 0) is 47.7 Å². The zero-order chi connectivity index (χ0) is 15.7. The number of fused-ring (bicyclic) bond motifs is 1. The summed E-state index contributed by atoms with van der Waals surface area (Å²) in [5, 5.41) is 23.0. The summed E-state index contributed by atoms with van der Waals surface area (Å²) >= 11 is 0. The lowest BCUT2D eigenvalue weighted by atomic mass is 9.88. The first kappa shape index (κ1) is 14.7. The van der Waals surface area contributed by atoms with Crippen molar-refractivity contribution < 1.29 is 14.9 Å². The standard InChI is InChI=1S/C18H21NO3/c1-3-11-4-5-13(17(8-11)22-2)18-14-10-16(21)15(20)9-12(14)6-7-19-18/h4-5,8-10,18-21H,3,6-7H2,1-2H3. The van der Waals surface area contributed by atoms with E-state index >= 15 is 0 Å². The van der Waals surface area contributed by atoms with E-state index in [4.69, 9.17) is 4.74 Å². The van der Waals surface area contributed by atoms with Crippen LogP contribution >= 0.6 is 0 Å². The maximum absolute atomic E-state index is 9.84. The first-order valence-corrected chi connectivity index (χ1v) is 7.59. The number of hydrogen-bond acceptors (Lipinski definition) is 4. The third-order valence-electron chi connectivity index (χ3n) is 4.31. The van der Waals surface area contributed by atoms with Gasteiger partial charge >= 0.3 is 0 Å². The first-order valence-electron chi connectivity index (χ1n) is 7.59. The minimum Gasteiger partial charge on any atom is -0.504 e. The molecule has 1 unspecified atom stereocenters. The SMILES string of the molecule is CCc1ccc(C2NCCc3cc(O)c(O)cc32)c(OC)c1. The normalized spacial score (nSPS) is 17.1. The van der Waals surface area contributed by atoms with Crippen LogP contribution < -0.4 is 10.1 Å². The Hall–Kier alpha value is -2.20. The molecule has 2 aromatic rings. The average Bonchev–Trinajstić information content (AvgIpc) is 2.55. The molecule has 1 aliphatic rings. The molecule has 1 heterocycles. The summed E-state index contributed by atoms with van der Waals surface area (Å²) in [6.07, 6.45) is 1.79. The van der Waals surface area contributed by atoms with Crippen LogP contribution in [-0.4, -0.2) is 23.9 Å². The Morgan fingerprint density at radius 3 is 2.64 bits per heavy atom. The summed E-state index contributed by atoms with van der Waals surface area (Å²) in [4.78, 5) is 0. The van der Waals surface area contributed by atoms with Gasteiger partial charge in [0.2, 0.25) is 0 Å². The Morgan fingerprint density at radius 2 is 1.91 bits per heavy atom. The summed E-state index contributed by atoms with van der Waals surface area (Å²) in [7, 11) is 1.68. The Labute approximate surface area is 130 Å². The van der Waals surface area contributed by atoms with Crippen molar-refractivity contribution in [1.29, 1.82) is 0 Å². The predicted octanol–water partition coefficient (Wildman–Crippen LogP) is 2.90. The van der Waals surface area contributed by atoms with Crippen LogP contribution in [0.3, 0.4) is 0 Å². The monoisotopic (exact) mass is 299 g/mol. The molecule has 1 atom stereocenters. The molecular formula is C18H21NO3. The van der Waals surface area contributed by atoms with E-state index in [-0.39, 0.29) is 17.5 Å².